The van der Waals surface area contributed by atoms with Crippen molar-refractivity contribution < 1.29 is 14.6 Å². The molecule has 0 saturated carbocycles. The predicted octanol–water partition coefficient (Wildman–Crippen LogP) is 2.17. The van der Waals surface area contributed by atoms with Crippen molar-refractivity contribution in [3.63, 3.8) is 0 Å². The lowest BCUT2D eigenvalue weighted by atomic mass is 10.1. The van der Waals surface area contributed by atoms with E-state index in [1.807, 2.05) is 19.9 Å². The normalized spacial score (nSPS) is 18.6. The third kappa shape index (κ3) is 3.87. The maximum absolute atomic E-state index is 12.0. The highest BCUT2D eigenvalue weighted by molar-refractivity contribution is 6.30. The number of fused-ring (bicyclic) bond motifs is 1. The zero-order valence-electron chi connectivity index (χ0n) is 11.7. The summed E-state index contributed by atoms with van der Waals surface area (Å²) in [4.78, 5) is 12.0. The zero-order valence-corrected chi connectivity index (χ0v) is 12.5. The molecule has 0 bridgehead atoms. The van der Waals surface area contributed by atoms with Crippen LogP contribution in [0.2, 0.25) is 5.02 Å². The van der Waals surface area contributed by atoms with Crippen LogP contribution in [-0.4, -0.2) is 29.8 Å². The highest BCUT2D eigenvalue weighted by Crippen LogP contribution is 2.31. The van der Waals surface area contributed by atoms with Crippen molar-refractivity contribution in [2.75, 3.05) is 6.54 Å². The topological polar surface area (TPSA) is 58.6 Å². The van der Waals surface area contributed by atoms with E-state index in [9.17, 15) is 9.90 Å². The van der Waals surface area contributed by atoms with Gasteiger partial charge in [0.2, 0.25) is 0 Å². The second kappa shape index (κ2) is 6.46. The van der Waals surface area contributed by atoms with Crippen LogP contribution in [0.5, 0.6) is 5.75 Å². The van der Waals surface area contributed by atoms with Crippen LogP contribution in [0.3, 0.4) is 0 Å². The number of carbonyl (C=O) groups excluding carboxylic acids is 1. The number of halogens is 1. The highest BCUT2D eigenvalue weighted by atomic mass is 35.5. The van der Waals surface area contributed by atoms with E-state index in [2.05, 4.69) is 5.32 Å². The van der Waals surface area contributed by atoms with E-state index in [0.717, 1.165) is 5.56 Å². The van der Waals surface area contributed by atoms with Crippen LogP contribution < -0.4 is 10.1 Å². The summed E-state index contributed by atoms with van der Waals surface area (Å²) in [7, 11) is 0. The smallest absolute Gasteiger partial charge is 0.261 e. The molecule has 0 fully saturated rings. The third-order valence-electron chi connectivity index (χ3n) is 3.24. The molecule has 2 N–H and O–H groups in total. The predicted molar refractivity (Wildman–Crippen MR) is 78.0 cm³/mol. The quantitative estimate of drug-likeness (QED) is 0.876. The van der Waals surface area contributed by atoms with E-state index in [0.29, 0.717) is 29.5 Å². The molecule has 20 heavy (non-hydrogen) atoms. The van der Waals surface area contributed by atoms with E-state index in [4.69, 9.17) is 16.3 Å². The lowest BCUT2D eigenvalue weighted by Crippen LogP contribution is -2.41. The summed E-state index contributed by atoms with van der Waals surface area (Å²) in [5, 5.41) is 13.1. The first-order valence-electron chi connectivity index (χ1n) is 6.86. The van der Waals surface area contributed by atoms with Crippen molar-refractivity contribution in [3.8, 4) is 5.75 Å². The van der Waals surface area contributed by atoms with Crippen molar-refractivity contribution in [2.24, 2.45) is 5.92 Å². The number of aliphatic hydroxyl groups excluding tert-OH is 1. The molecule has 1 heterocycles. The maximum Gasteiger partial charge on any atom is 0.261 e. The Kier molecular flexibility index (Phi) is 4.89. The average molecular weight is 298 g/mol. The first-order chi connectivity index (χ1) is 9.45. The molecule has 2 atom stereocenters. The summed E-state index contributed by atoms with van der Waals surface area (Å²) < 4.78 is 5.58. The van der Waals surface area contributed by atoms with E-state index in [1.165, 1.54) is 0 Å². The van der Waals surface area contributed by atoms with Crippen LogP contribution in [0, 0.1) is 5.92 Å². The minimum atomic E-state index is -0.533. The highest BCUT2D eigenvalue weighted by Gasteiger charge is 2.29. The molecule has 0 aliphatic carbocycles. The van der Waals surface area contributed by atoms with Crippen LogP contribution in [0.1, 0.15) is 25.8 Å². The van der Waals surface area contributed by atoms with Crippen molar-refractivity contribution in [1.29, 1.82) is 0 Å². The van der Waals surface area contributed by atoms with Gasteiger partial charge in [-0.15, -0.1) is 0 Å². The van der Waals surface area contributed by atoms with Gasteiger partial charge in [-0.2, -0.15) is 0 Å². The molecule has 1 aliphatic heterocycles. The minimum Gasteiger partial charge on any atom is -0.480 e. The number of nitrogens with one attached hydrogen (secondary N) is 1. The molecule has 1 aliphatic rings. The molecule has 2 unspecified atom stereocenters. The lowest BCUT2D eigenvalue weighted by Gasteiger charge is -2.16. The molecular weight excluding hydrogens is 278 g/mol. The molecule has 0 saturated heterocycles. The molecule has 1 aromatic rings. The zero-order chi connectivity index (χ0) is 14.7. The van der Waals surface area contributed by atoms with Crippen molar-refractivity contribution >= 4 is 17.5 Å². The molecule has 2 rings (SSSR count). The van der Waals surface area contributed by atoms with E-state index >= 15 is 0 Å². The summed E-state index contributed by atoms with van der Waals surface area (Å²) in [5.41, 5.74) is 0.945. The monoisotopic (exact) mass is 297 g/mol. The molecular formula is C15H20ClNO3. The minimum absolute atomic E-state index is 0.194. The van der Waals surface area contributed by atoms with Gasteiger partial charge >= 0.3 is 0 Å². The Labute approximate surface area is 124 Å². The van der Waals surface area contributed by atoms with Crippen molar-refractivity contribution in [3.05, 3.63) is 28.8 Å². The van der Waals surface area contributed by atoms with E-state index < -0.39 is 12.2 Å². The Hall–Kier alpha value is -1.26. The van der Waals surface area contributed by atoms with Gasteiger partial charge in [0.05, 0.1) is 6.10 Å². The Morgan fingerprint density at radius 2 is 2.30 bits per heavy atom. The van der Waals surface area contributed by atoms with Crippen LogP contribution in [-0.2, 0) is 11.2 Å². The molecule has 4 nitrogen and oxygen atoms in total. The Morgan fingerprint density at radius 1 is 1.55 bits per heavy atom. The van der Waals surface area contributed by atoms with Crippen molar-refractivity contribution in [2.45, 2.75) is 38.9 Å². The Morgan fingerprint density at radius 3 is 3.00 bits per heavy atom. The lowest BCUT2D eigenvalue weighted by molar-refractivity contribution is -0.127. The Bertz CT molecular complexity index is 490. The fourth-order valence-electron chi connectivity index (χ4n) is 2.32. The first kappa shape index (κ1) is 15.1. The van der Waals surface area contributed by atoms with E-state index in [-0.39, 0.29) is 12.5 Å². The standard InChI is InChI=1S/C15H20ClNO3/c1-9(2)5-12(18)8-17-15(19)14-7-10-6-11(16)3-4-13(10)20-14/h3-4,6,9,12,14,18H,5,7-8H2,1-2H3,(H,17,19). The van der Waals surface area contributed by atoms with Gasteiger partial charge < -0.3 is 15.2 Å². The third-order valence-corrected chi connectivity index (χ3v) is 3.48. The van der Waals surface area contributed by atoms with Gasteiger partial charge in [0, 0.05) is 18.0 Å². The number of amides is 1. The molecule has 5 heteroatoms. The van der Waals surface area contributed by atoms with Crippen LogP contribution in [0.15, 0.2) is 18.2 Å². The van der Waals surface area contributed by atoms with Gasteiger partial charge in [0.25, 0.3) is 5.91 Å². The molecule has 0 aromatic heterocycles. The average Bonchev–Trinajstić information content (AvgIpc) is 2.78. The number of rotatable bonds is 5. The van der Waals surface area contributed by atoms with Crippen LogP contribution >= 0.6 is 11.6 Å². The SMILES string of the molecule is CC(C)CC(O)CNC(=O)C1Cc2cc(Cl)ccc2O1. The fourth-order valence-corrected chi connectivity index (χ4v) is 2.52. The second-order valence-electron chi connectivity index (χ2n) is 5.59. The van der Waals surface area contributed by atoms with Gasteiger partial charge in [-0.1, -0.05) is 25.4 Å². The van der Waals surface area contributed by atoms with Gasteiger partial charge in [0.15, 0.2) is 6.10 Å². The van der Waals surface area contributed by atoms with Crippen LogP contribution in [0.4, 0.5) is 0 Å². The number of ether oxygens (including phenoxy) is 1. The number of hydrogen-bond acceptors (Lipinski definition) is 3. The van der Waals surface area contributed by atoms with E-state index in [1.54, 1.807) is 12.1 Å². The van der Waals surface area contributed by atoms with Crippen LogP contribution in [0.25, 0.3) is 0 Å². The van der Waals surface area contributed by atoms with Gasteiger partial charge in [-0.05, 0) is 36.1 Å². The Balaban J connectivity index is 1.84. The number of benzene rings is 1. The molecule has 0 radical (unpaired) electrons. The van der Waals surface area contributed by atoms with Gasteiger partial charge in [-0.25, -0.2) is 0 Å². The fraction of sp³-hybridized carbons (Fsp3) is 0.533. The first-order valence-corrected chi connectivity index (χ1v) is 7.24. The maximum atomic E-state index is 12.0. The molecule has 1 aromatic carbocycles. The summed E-state index contributed by atoms with van der Waals surface area (Å²) in [5.74, 6) is 0.911. The summed E-state index contributed by atoms with van der Waals surface area (Å²) in [6.07, 6.45) is 0.135. The second-order valence-corrected chi connectivity index (χ2v) is 6.03. The summed E-state index contributed by atoms with van der Waals surface area (Å²) >= 11 is 5.91. The molecule has 0 spiro atoms. The number of aliphatic hydroxyl groups is 1. The summed E-state index contributed by atoms with van der Waals surface area (Å²) in [6.45, 7) is 4.32. The van der Waals surface area contributed by atoms with Gasteiger partial charge in [-0.3, -0.25) is 4.79 Å². The number of carbonyl (C=O) groups is 1. The molecule has 1 amide bonds. The largest absolute Gasteiger partial charge is 0.480 e. The number of hydrogen-bond donors (Lipinski definition) is 2. The summed E-state index contributed by atoms with van der Waals surface area (Å²) in [6, 6.07) is 5.34. The molecule has 110 valence electrons. The van der Waals surface area contributed by atoms with Crippen molar-refractivity contribution in [1.82, 2.24) is 5.32 Å². The van der Waals surface area contributed by atoms with Gasteiger partial charge in [0.1, 0.15) is 5.75 Å².